The van der Waals surface area contributed by atoms with Crippen LogP contribution in [0.25, 0.3) is 11.1 Å². The average Bonchev–Trinajstić information content (AvgIpc) is 2.69. The van der Waals surface area contributed by atoms with Crippen molar-refractivity contribution in [3.05, 3.63) is 115 Å². The predicted molar refractivity (Wildman–Crippen MR) is 116 cm³/mol. The minimum absolute atomic E-state index is 1.07. The van der Waals surface area contributed by atoms with Crippen molar-refractivity contribution >= 4 is 5.69 Å². The van der Waals surface area contributed by atoms with Crippen molar-refractivity contribution in [3.63, 3.8) is 0 Å². The van der Waals surface area contributed by atoms with Crippen LogP contribution in [0.2, 0.25) is 0 Å². The van der Waals surface area contributed by atoms with Crippen LogP contribution in [0.1, 0.15) is 20.8 Å². The molecule has 0 bridgehead atoms. The number of rotatable bonds is 7. The lowest BCUT2D eigenvalue weighted by Crippen LogP contribution is -2.20. The zero-order chi connectivity index (χ0) is 18.8. The van der Waals surface area contributed by atoms with Crippen LogP contribution in [-0.2, 0) is 0 Å². The van der Waals surface area contributed by atoms with Crippen LogP contribution in [0.3, 0.4) is 0 Å². The Balaban J connectivity index is 2.75. The molecule has 2 aromatic carbocycles. The first-order valence-corrected chi connectivity index (χ1v) is 8.95. The highest BCUT2D eigenvalue weighted by atomic mass is 15.2. The molecule has 1 heteroatoms. The van der Waals surface area contributed by atoms with Gasteiger partial charge in [-0.2, -0.15) is 0 Å². The van der Waals surface area contributed by atoms with Gasteiger partial charge in [0.1, 0.15) is 0 Å². The van der Waals surface area contributed by atoms with E-state index in [0.717, 1.165) is 17.1 Å². The van der Waals surface area contributed by atoms with Gasteiger partial charge in [-0.3, -0.25) is 0 Å². The van der Waals surface area contributed by atoms with E-state index in [2.05, 4.69) is 97.3 Å². The van der Waals surface area contributed by atoms with Gasteiger partial charge in [0.25, 0.3) is 0 Å². The second kappa shape index (κ2) is 10.0. The third-order valence-electron chi connectivity index (χ3n) is 4.01. The summed E-state index contributed by atoms with van der Waals surface area (Å²) in [6.45, 7) is 10.0. The van der Waals surface area contributed by atoms with Crippen LogP contribution in [0, 0.1) is 0 Å². The fourth-order valence-corrected chi connectivity index (χ4v) is 2.92. The second-order valence-electron chi connectivity index (χ2n) is 5.76. The van der Waals surface area contributed by atoms with Crippen LogP contribution >= 0.6 is 0 Å². The van der Waals surface area contributed by atoms with Crippen molar-refractivity contribution in [1.82, 2.24) is 0 Å². The van der Waals surface area contributed by atoms with Gasteiger partial charge in [-0.05, 0) is 50.6 Å². The summed E-state index contributed by atoms with van der Waals surface area (Å²) in [5.74, 6) is 0. The molecule has 0 N–H and O–H groups in total. The summed E-state index contributed by atoms with van der Waals surface area (Å²) in [6.07, 6.45) is 14.3. The molecular weight excluding hydrogens is 314 g/mol. The predicted octanol–water partition coefficient (Wildman–Crippen LogP) is 7.29. The summed E-state index contributed by atoms with van der Waals surface area (Å²) < 4.78 is 0. The lowest BCUT2D eigenvalue weighted by molar-refractivity contribution is 1.13. The van der Waals surface area contributed by atoms with Crippen LogP contribution in [-0.4, -0.2) is 0 Å². The van der Waals surface area contributed by atoms with Gasteiger partial charge in [0.15, 0.2) is 0 Å². The van der Waals surface area contributed by atoms with Gasteiger partial charge in [0.2, 0.25) is 0 Å². The normalized spacial score (nSPS) is 12.7. The molecule has 0 saturated carbocycles. The molecule has 0 heterocycles. The smallest absolute Gasteiger partial charge is 0.0539 e. The highest BCUT2D eigenvalue weighted by molar-refractivity contribution is 5.82. The van der Waals surface area contributed by atoms with Gasteiger partial charge in [-0.25, -0.2) is 0 Å². The molecule has 0 amide bonds. The summed E-state index contributed by atoms with van der Waals surface area (Å²) in [6, 6.07) is 19.0. The van der Waals surface area contributed by atoms with E-state index in [1.807, 2.05) is 32.1 Å². The summed E-state index contributed by atoms with van der Waals surface area (Å²) in [5.41, 5.74) is 5.70. The Kier molecular flexibility index (Phi) is 7.45. The van der Waals surface area contributed by atoms with Crippen molar-refractivity contribution in [2.75, 3.05) is 4.90 Å². The van der Waals surface area contributed by atoms with Crippen molar-refractivity contribution in [2.24, 2.45) is 0 Å². The Hall–Kier alpha value is -3.06. The van der Waals surface area contributed by atoms with E-state index in [9.17, 15) is 0 Å². The number of benzene rings is 2. The van der Waals surface area contributed by atoms with Crippen molar-refractivity contribution in [1.29, 1.82) is 0 Å². The molecule has 0 aliphatic rings. The lowest BCUT2D eigenvalue weighted by atomic mass is 10.0. The van der Waals surface area contributed by atoms with Crippen molar-refractivity contribution in [3.8, 4) is 11.1 Å². The first-order chi connectivity index (χ1) is 12.8. The maximum Gasteiger partial charge on any atom is 0.0539 e. The highest BCUT2D eigenvalue weighted by Crippen LogP contribution is 2.35. The number of allylic oxidation sites excluding steroid dienone is 7. The molecule has 0 fully saturated rings. The standard InChI is InChI=1S/C25H27N/c1-5-14-22(8-4)26(23(15-6-2)16-7-3)25-20-13-12-19-24(25)21-17-10-9-11-18-21/h5-20H,2H2,1,3-4H3/b14-5-,16-7-,22-8+,23-15+. The number of nitrogens with zero attached hydrogens (tertiary/aromatic N) is 1. The molecule has 2 aromatic rings. The fraction of sp³-hybridized carbons (Fsp3) is 0.120. The number of para-hydroxylation sites is 1. The Bertz CT molecular complexity index is 835. The molecular formula is C25H27N. The zero-order valence-corrected chi connectivity index (χ0v) is 15.9. The summed E-state index contributed by atoms with van der Waals surface area (Å²) in [7, 11) is 0. The third-order valence-corrected chi connectivity index (χ3v) is 4.01. The van der Waals surface area contributed by atoms with Crippen LogP contribution in [0.15, 0.2) is 115 Å². The van der Waals surface area contributed by atoms with Crippen molar-refractivity contribution < 1.29 is 0 Å². The maximum atomic E-state index is 3.90. The van der Waals surface area contributed by atoms with E-state index >= 15 is 0 Å². The zero-order valence-electron chi connectivity index (χ0n) is 15.9. The summed E-state index contributed by atoms with van der Waals surface area (Å²) in [5, 5.41) is 0. The van der Waals surface area contributed by atoms with E-state index in [0.29, 0.717) is 0 Å². The lowest BCUT2D eigenvalue weighted by Gasteiger charge is -2.29. The van der Waals surface area contributed by atoms with Gasteiger partial charge in [0, 0.05) is 17.0 Å². The first kappa shape index (κ1) is 19.3. The molecule has 0 aliphatic carbocycles. The molecule has 26 heavy (non-hydrogen) atoms. The number of anilines is 1. The van der Waals surface area contributed by atoms with E-state index in [1.54, 1.807) is 0 Å². The Morgan fingerprint density at radius 3 is 2.04 bits per heavy atom. The molecule has 2 rings (SSSR count). The van der Waals surface area contributed by atoms with Crippen molar-refractivity contribution in [2.45, 2.75) is 20.8 Å². The monoisotopic (exact) mass is 341 g/mol. The Morgan fingerprint density at radius 2 is 1.42 bits per heavy atom. The van der Waals surface area contributed by atoms with E-state index in [4.69, 9.17) is 0 Å². The molecule has 0 saturated heterocycles. The fourth-order valence-electron chi connectivity index (χ4n) is 2.92. The second-order valence-corrected chi connectivity index (χ2v) is 5.76. The molecule has 0 unspecified atom stereocenters. The molecule has 0 atom stereocenters. The molecule has 0 aromatic heterocycles. The van der Waals surface area contributed by atoms with Gasteiger partial charge < -0.3 is 4.90 Å². The SMILES string of the molecule is C=C/C=C(\C=C/C)N(C(/C=C\C)=C/C)c1ccccc1-c1ccccc1. The van der Waals surface area contributed by atoms with Gasteiger partial charge in [-0.15, -0.1) is 0 Å². The topological polar surface area (TPSA) is 3.24 Å². The molecule has 1 nitrogen and oxygen atoms in total. The van der Waals surface area contributed by atoms with E-state index in [-0.39, 0.29) is 0 Å². The van der Waals surface area contributed by atoms with Crippen LogP contribution < -0.4 is 4.90 Å². The van der Waals surface area contributed by atoms with Gasteiger partial charge in [0.05, 0.1) is 5.69 Å². The summed E-state index contributed by atoms with van der Waals surface area (Å²) in [4.78, 5) is 2.27. The molecule has 0 spiro atoms. The third kappa shape index (κ3) is 4.52. The average molecular weight is 341 g/mol. The number of hydrogen-bond acceptors (Lipinski definition) is 1. The minimum atomic E-state index is 1.07. The van der Waals surface area contributed by atoms with Gasteiger partial charge in [-0.1, -0.05) is 79.4 Å². The van der Waals surface area contributed by atoms with E-state index in [1.165, 1.54) is 11.1 Å². The summed E-state index contributed by atoms with van der Waals surface area (Å²) >= 11 is 0. The van der Waals surface area contributed by atoms with E-state index < -0.39 is 0 Å². The molecule has 0 radical (unpaired) electrons. The first-order valence-electron chi connectivity index (χ1n) is 8.95. The highest BCUT2D eigenvalue weighted by Gasteiger charge is 2.17. The molecule has 0 aliphatic heterocycles. The van der Waals surface area contributed by atoms with Crippen LogP contribution in [0.5, 0.6) is 0 Å². The molecule has 132 valence electrons. The Labute approximate surface area is 158 Å². The van der Waals surface area contributed by atoms with Crippen LogP contribution in [0.4, 0.5) is 5.69 Å². The quantitative estimate of drug-likeness (QED) is 0.478. The number of hydrogen-bond donors (Lipinski definition) is 0. The minimum Gasteiger partial charge on any atom is -0.310 e. The Morgan fingerprint density at radius 1 is 0.808 bits per heavy atom. The van der Waals surface area contributed by atoms with Gasteiger partial charge >= 0.3 is 0 Å². The largest absolute Gasteiger partial charge is 0.310 e. The maximum absolute atomic E-state index is 3.90.